The monoisotopic (exact) mass is 315 g/mol. The molecule has 1 aliphatic carbocycles. The van der Waals surface area contributed by atoms with Crippen molar-refractivity contribution >= 4 is 15.9 Å². The lowest BCUT2D eigenvalue weighted by molar-refractivity contribution is 0.131. The van der Waals surface area contributed by atoms with E-state index in [-0.39, 0.29) is 6.10 Å². The highest BCUT2D eigenvalue weighted by atomic mass is 79.9. The van der Waals surface area contributed by atoms with Crippen LogP contribution in [0.3, 0.4) is 0 Å². The molecule has 0 saturated heterocycles. The van der Waals surface area contributed by atoms with Crippen molar-refractivity contribution in [2.24, 2.45) is 13.0 Å². The van der Waals surface area contributed by atoms with Crippen molar-refractivity contribution in [3.8, 4) is 0 Å². The molecule has 0 amide bonds. The minimum atomic E-state index is -0.112. The van der Waals surface area contributed by atoms with Gasteiger partial charge in [-0.3, -0.25) is 4.68 Å². The van der Waals surface area contributed by atoms with Gasteiger partial charge in [0, 0.05) is 20.1 Å². The second kappa shape index (κ2) is 6.17. The molecule has 1 saturated carbocycles. The van der Waals surface area contributed by atoms with Crippen molar-refractivity contribution in [2.75, 3.05) is 6.54 Å². The van der Waals surface area contributed by atoms with Gasteiger partial charge in [-0.1, -0.05) is 13.3 Å². The number of aromatic nitrogens is 2. The normalized spacial score (nSPS) is 23.8. The summed E-state index contributed by atoms with van der Waals surface area (Å²) < 4.78 is 3.05. The summed E-state index contributed by atoms with van der Waals surface area (Å²) in [5.74, 6) is 0.419. The number of aliphatic hydroxyl groups is 1. The Morgan fingerprint density at radius 1 is 1.50 bits per heavy atom. The highest BCUT2D eigenvalue weighted by Gasteiger charge is 2.24. The Morgan fingerprint density at radius 3 is 2.83 bits per heavy atom. The van der Waals surface area contributed by atoms with Crippen molar-refractivity contribution in [1.29, 1.82) is 0 Å². The molecule has 0 radical (unpaired) electrons. The summed E-state index contributed by atoms with van der Waals surface area (Å²) in [7, 11) is 1.98. The molecule has 4 nitrogen and oxygen atoms in total. The average molecular weight is 316 g/mol. The lowest BCUT2D eigenvalue weighted by Gasteiger charge is -2.15. The molecule has 102 valence electrons. The van der Waals surface area contributed by atoms with E-state index in [2.05, 4.69) is 33.3 Å². The topological polar surface area (TPSA) is 50.1 Å². The fourth-order valence-electron chi connectivity index (χ4n) is 2.64. The van der Waals surface area contributed by atoms with Crippen LogP contribution in [-0.4, -0.2) is 27.5 Å². The molecule has 1 aromatic heterocycles. The molecule has 1 aliphatic rings. The molecule has 5 heteroatoms. The third-order valence-corrected chi connectivity index (χ3v) is 4.74. The maximum atomic E-state index is 9.77. The molecule has 0 spiro atoms. The van der Waals surface area contributed by atoms with Crippen LogP contribution in [-0.2, 0) is 20.0 Å². The predicted molar refractivity (Wildman–Crippen MR) is 75.3 cm³/mol. The Kier molecular flexibility index (Phi) is 4.81. The van der Waals surface area contributed by atoms with Gasteiger partial charge in [-0.15, -0.1) is 0 Å². The quantitative estimate of drug-likeness (QED) is 0.873. The smallest absolute Gasteiger partial charge is 0.0767 e. The Balaban J connectivity index is 1.88. The lowest BCUT2D eigenvalue weighted by Crippen LogP contribution is -2.28. The van der Waals surface area contributed by atoms with E-state index in [1.54, 1.807) is 0 Å². The van der Waals surface area contributed by atoms with Gasteiger partial charge in [-0.25, -0.2) is 0 Å². The van der Waals surface area contributed by atoms with Crippen molar-refractivity contribution in [3.63, 3.8) is 0 Å². The van der Waals surface area contributed by atoms with Crippen molar-refractivity contribution in [3.05, 3.63) is 15.9 Å². The summed E-state index contributed by atoms with van der Waals surface area (Å²) in [6, 6.07) is 0. The van der Waals surface area contributed by atoms with E-state index in [1.165, 1.54) is 5.69 Å². The number of aliphatic hydroxyl groups excluding tert-OH is 1. The highest BCUT2D eigenvalue weighted by Crippen LogP contribution is 2.25. The van der Waals surface area contributed by atoms with Gasteiger partial charge in [0.25, 0.3) is 0 Å². The number of rotatable bonds is 5. The molecule has 0 aliphatic heterocycles. The minimum absolute atomic E-state index is 0.112. The lowest BCUT2D eigenvalue weighted by atomic mass is 10.1. The number of nitrogens with one attached hydrogen (secondary N) is 1. The minimum Gasteiger partial charge on any atom is -0.393 e. The Bertz CT molecular complexity index is 405. The molecule has 2 atom stereocenters. The molecule has 0 bridgehead atoms. The van der Waals surface area contributed by atoms with Gasteiger partial charge in [0.05, 0.1) is 22.0 Å². The maximum Gasteiger partial charge on any atom is 0.0767 e. The molecule has 1 heterocycles. The molecule has 18 heavy (non-hydrogen) atoms. The average Bonchev–Trinajstić information content (AvgIpc) is 2.87. The summed E-state index contributed by atoms with van der Waals surface area (Å²) in [6.07, 6.45) is 4.08. The largest absolute Gasteiger partial charge is 0.393 e. The van der Waals surface area contributed by atoms with E-state index in [9.17, 15) is 5.11 Å². The molecule has 1 aromatic rings. The van der Waals surface area contributed by atoms with Gasteiger partial charge in [-0.2, -0.15) is 5.10 Å². The standard InChI is InChI=1S/C13H22BrN3O/c1-3-10-13(14)11(17(2)16-10)8-15-7-9-5-4-6-12(9)18/h9,12,15,18H,3-8H2,1-2H3. The first kappa shape index (κ1) is 14.0. The van der Waals surface area contributed by atoms with Gasteiger partial charge >= 0.3 is 0 Å². The molecular formula is C13H22BrN3O. The number of hydrogen-bond donors (Lipinski definition) is 2. The fourth-order valence-corrected chi connectivity index (χ4v) is 3.40. The van der Waals surface area contributed by atoms with Crippen LogP contribution >= 0.6 is 15.9 Å². The van der Waals surface area contributed by atoms with Crippen LogP contribution in [0.15, 0.2) is 4.47 Å². The molecule has 2 unspecified atom stereocenters. The molecule has 2 N–H and O–H groups in total. The summed E-state index contributed by atoms with van der Waals surface area (Å²) >= 11 is 3.62. The van der Waals surface area contributed by atoms with Gasteiger partial charge in [0.1, 0.15) is 0 Å². The van der Waals surface area contributed by atoms with Crippen LogP contribution in [0.2, 0.25) is 0 Å². The third-order valence-electron chi connectivity index (χ3n) is 3.82. The van der Waals surface area contributed by atoms with Crippen LogP contribution < -0.4 is 5.32 Å². The Labute approximate surface area is 117 Å². The van der Waals surface area contributed by atoms with Crippen LogP contribution in [0.25, 0.3) is 0 Å². The van der Waals surface area contributed by atoms with Crippen LogP contribution in [0, 0.1) is 5.92 Å². The molecule has 1 fully saturated rings. The first-order valence-electron chi connectivity index (χ1n) is 6.72. The zero-order valence-corrected chi connectivity index (χ0v) is 12.7. The van der Waals surface area contributed by atoms with E-state index in [1.807, 2.05) is 11.7 Å². The van der Waals surface area contributed by atoms with Crippen molar-refractivity contribution in [2.45, 2.75) is 45.3 Å². The Hall–Kier alpha value is -0.390. The number of aryl methyl sites for hydroxylation is 2. The first-order chi connectivity index (χ1) is 8.63. The van der Waals surface area contributed by atoms with Gasteiger partial charge in [-0.05, 0) is 41.1 Å². The van der Waals surface area contributed by atoms with Crippen molar-refractivity contribution < 1.29 is 5.11 Å². The van der Waals surface area contributed by atoms with Crippen LogP contribution in [0.4, 0.5) is 0 Å². The maximum absolute atomic E-state index is 9.77. The van der Waals surface area contributed by atoms with E-state index in [0.29, 0.717) is 5.92 Å². The fraction of sp³-hybridized carbons (Fsp3) is 0.769. The van der Waals surface area contributed by atoms with E-state index in [4.69, 9.17) is 0 Å². The van der Waals surface area contributed by atoms with E-state index < -0.39 is 0 Å². The van der Waals surface area contributed by atoms with E-state index >= 15 is 0 Å². The summed E-state index contributed by atoms with van der Waals surface area (Å²) in [5.41, 5.74) is 2.29. The molecule has 2 rings (SSSR count). The zero-order chi connectivity index (χ0) is 13.1. The van der Waals surface area contributed by atoms with Gasteiger partial charge < -0.3 is 10.4 Å². The summed E-state index contributed by atoms with van der Waals surface area (Å²) in [5, 5.41) is 17.7. The zero-order valence-electron chi connectivity index (χ0n) is 11.1. The van der Waals surface area contributed by atoms with Crippen LogP contribution in [0.1, 0.15) is 37.6 Å². The van der Waals surface area contributed by atoms with Crippen molar-refractivity contribution in [1.82, 2.24) is 15.1 Å². The predicted octanol–water partition coefficient (Wildman–Crippen LogP) is 2.00. The summed E-state index contributed by atoms with van der Waals surface area (Å²) in [6.45, 7) is 3.80. The first-order valence-corrected chi connectivity index (χ1v) is 7.51. The molecular weight excluding hydrogens is 294 g/mol. The number of halogens is 1. The highest BCUT2D eigenvalue weighted by molar-refractivity contribution is 9.10. The Morgan fingerprint density at radius 2 is 2.28 bits per heavy atom. The second-order valence-corrected chi connectivity index (χ2v) is 5.87. The third kappa shape index (κ3) is 2.95. The summed E-state index contributed by atoms with van der Waals surface area (Å²) in [4.78, 5) is 0. The molecule has 0 aromatic carbocycles. The van der Waals surface area contributed by atoms with E-state index in [0.717, 1.165) is 48.9 Å². The van der Waals surface area contributed by atoms with Gasteiger partial charge in [0.2, 0.25) is 0 Å². The van der Waals surface area contributed by atoms with Gasteiger partial charge in [0.15, 0.2) is 0 Å². The second-order valence-electron chi connectivity index (χ2n) is 5.07. The SMILES string of the molecule is CCc1nn(C)c(CNCC2CCCC2O)c1Br. The number of nitrogens with zero attached hydrogens (tertiary/aromatic N) is 2. The number of hydrogen-bond acceptors (Lipinski definition) is 3. The van der Waals surface area contributed by atoms with Crippen LogP contribution in [0.5, 0.6) is 0 Å².